The third-order valence-electron chi connectivity index (χ3n) is 2.94. The Kier molecular flexibility index (Phi) is 5.04. The molecule has 20 heavy (non-hydrogen) atoms. The molecule has 0 aliphatic heterocycles. The molecule has 1 N–H and O–H groups in total. The number of thioether (sulfide) groups is 1. The average Bonchev–Trinajstić information content (AvgIpc) is 2.44. The fraction of sp³-hybridized carbons (Fsp3) is 0.312. The summed E-state index contributed by atoms with van der Waals surface area (Å²) in [7, 11) is 1.62. The first-order valence-electron chi connectivity index (χ1n) is 6.48. The van der Waals surface area contributed by atoms with Gasteiger partial charge in [-0.3, -0.25) is 0 Å². The number of pyridine rings is 1. The zero-order valence-electron chi connectivity index (χ0n) is 12.0. The maximum absolute atomic E-state index is 10.2. The molecule has 1 aromatic heterocycles. The summed E-state index contributed by atoms with van der Waals surface area (Å²) >= 11 is 1.56. The molecule has 4 heteroatoms. The van der Waals surface area contributed by atoms with Crippen LogP contribution >= 0.6 is 11.8 Å². The van der Waals surface area contributed by atoms with E-state index in [1.54, 1.807) is 18.9 Å². The van der Waals surface area contributed by atoms with Crippen LogP contribution in [0.3, 0.4) is 0 Å². The number of hydrogen-bond donors (Lipinski definition) is 1. The van der Waals surface area contributed by atoms with E-state index in [1.807, 2.05) is 43.3 Å². The van der Waals surface area contributed by atoms with Crippen molar-refractivity contribution in [3.05, 3.63) is 53.2 Å². The molecule has 0 spiro atoms. The van der Waals surface area contributed by atoms with Crippen molar-refractivity contribution in [2.75, 3.05) is 12.9 Å². The zero-order chi connectivity index (χ0) is 14.5. The molecule has 1 atom stereocenters. The molecule has 3 nitrogen and oxygen atoms in total. The molecule has 1 aromatic carbocycles. The van der Waals surface area contributed by atoms with Crippen LogP contribution in [-0.4, -0.2) is 23.0 Å². The summed E-state index contributed by atoms with van der Waals surface area (Å²) in [6.45, 7) is 4.03. The monoisotopic (exact) mass is 289 g/mol. The number of aromatic nitrogens is 1. The first-order valence-corrected chi connectivity index (χ1v) is 7.47. The Morgan fingerprint density at radius 3 is 2.75 bits per heavy atom. The van der Waals surface area contributed by atoms with E-state index in [9.17, 15) is 5.11 Å². The number of methoxy groups -OCH3 is 1. The van der Waals surface area contributed by atoms with E-state index in [1.165, 1.54) is 5.56 Å². The third-order valence-corrected chi connectivity index (χ3v) is 3.93. The van der Waals surface area contributed by atoms with Crippen LogP contribution in [0.15, 0.2) is 41.4 Å². The molecule has 0 bridgehead atoms. The predicted molar refractivity (Wildman–Crippen MR) is 82.4 cm³/mol. The van der Waals surface area contributed by atoms with Crippen molar-refractivity contribution in [2.45, 2.75) is 25.0 Å². The number of aryl methyl sites for hydroxylation is 2. The molecule has 0 radical (unpaired) electrons. The van der Waals surface area contributed by atoms with Crippen molar-refractivity contribution >= 4 is 11.8 Å². The maximum Gasteiger partial charge on any atom is 0.119 e. The van der Waals surface area contributed by atoms with Crippen molar-refractivity contribution in [2.24, 2.45) is 0 Å². The van der Waals surface area contributed by atoms with E-state index in [0.717, 1.165) is 22.0 Å². The van der Waals surface area contributed by atoms with Gasteiger partial charge in [-0.15, -0.1) is 11.8 Å². The molecule has 0 aliphatic rings. The topological polar surface area (TPSA) is 42.4 Å². The first-order chi connectivity index (χ1) is 9.58. The van der Waals surface area contributed by atoms with Gasteiger partial charge in [0.1, 0.15) is 5.75 Å². The Balaban J connectivity index is 2.02. The first kappa shape index (κ1) is 14.9. The van der Waals surface area contributed by atoms with Crippen LogP contribution in [0.25, 0.3) is 0 Å². The molecular formula is C16H19NO2S. The van der Waals surface area contributed by atoms with Crippen LogP contribution in [0, 0.1) is 13.8 Å². The van der Waals surface area contributed by atoms with Crippen molar-refractivity contribution in [3.63, 3.8) is 0 Å². The third kappa shape index (κ3) is 3.99. The fourth-order valence-electron chi connectivity index (χ4n) is 1.99. The molecule has 0 saturated carbocycles. The van der Waals surface area contributed by atoms with E-state index in [0.29, 0.717) is 5.75 Å². The molecule has 2 rings (SSSR count). The Morgan fingerprint density at radius 2 is 2.05 bits per heavy atom. The Morgan fingerprint density at radius 1 is 1.25 bits per heavy atom. The smallest absolute Gasteiger partial charge is 0.119 e. The lowest BCUT2D eigenvalue weighted by molar-refractivity contribution is 0.203. The largest absolute Gasteiger partial charge is 0.497 e. The number of rotatable bonds is 5. The summed E-state index contributed by atoms with van der Waals surface area (Å²) < 4.78 is 5.17. The molecule has 0 saturated heterocycles. The molecular weight excluding hydrogens is 270 g/mol. The van der Waals surface area contributed by atoms with Crippen LogP contribution in [0.2, 0.25) is 0 Å². The Bertz CT molecular complexity index is 566. The highest BCUT2D eigenvalue weighted by molar-refractivity contribution is 7.99. The van der Waals surface area contributed by atoms with Crippen LogP contribution in [0.5, 0.6) is 5.75 Å². The number of aliphatic hydroxyl groups excluding tert-OH is 1. The van der Waals surface area contributed by atoms with E-state index in [-0.39, 0.29) is 0 Å². The van der Waals surface area contributed by atoms with Gasteiger partial charge >= 0.3 is 0 Å². The predicted octanol–water partition coefficient (Wildman–Crippen LogP) is 3.53. The van der Waals surface area contributed by atoms with Gasteiger partial charge in [0.2, 0.25) is 0 Å². The van der Waals surface area contributed by atoms with E-state index in [2.05, 4.69) is 11.9 Å². The van der Waals surface area contributed by atoms with Gasteiger partial charge in [0.05, 0.1) is 18.2 Å². The Labute approximate surface area is 124 Å². The van der Waals surface area contributed by atoms with Crippen molar-refractivity contribution in [1.82, 2.24) is 4.98 Å². The van der Waals surface area contributed by atoms with Gasteiger partial charge in [-0.1, -0.05) is 12.1 Å². The number of aliphatic hydroxyl groups is 1. The van der Waals surface area contributed by atoms with Gasteiger partial charge in [0.25, 0.3) is 0 Å². The molecule has 1 heterocycles. The summed E-state index contributed by atoms with van der Waals surface area (Å²) in [5.41, 5.74) is 3.06. The number of ether oxygens (including phenoxy) is 1. The standard InChI is InChI=1S/C16H19NO2S/c1-11-7-12(2)17-16(8-11)20-10-15(18)13-5-4-6-14(9-13)19-3/h4-9,15,18H,10H2,1-3H3. The number of benzene rings is 1. The average molecular weight is 289 g/mol. The second-order valence-corrected chi connectivity index (χ2v) is 5.77. The van der Waals surface area contributed by atoms with E-state index < -0.39 is 6.10 Å². The van der Waals surface area contributed by atoms with Crippen molar-refractivity contribution < 1.29 is 9.84 Å². The van der Waals surface area contributed by atoms with Crippen LogP contribution in [-0.2, 0) is 0 Å². The minimum Gasteiger partial charge on any atom is -0.497 e. The summed E-state index contributed by atoms with van der Waals surface area (Å²) in [5, 5.41) is 11.2. The van der Waals surface area contributed by atoms with Crippen LogP contribution < -0.4 is 4.74 Å². The lowest BCUT2D eigenvalue weighted by atomic mass is 10.1. The highest BCUT2D eigenvalue weighted by Crippen LogP contribution is 2.26. The molecule has 106 valence electrons. The summed E-state index contributed by atoms with van der Waals surface area (Å²) in [6, 6.07) is 11.6. The van der Waals surface area contributed by atoms with Crippen molar-refractivity contribution in [3.8, 4) is 5.75 Å². The molecule has 0 aliphatic carbocycles. The number of hydrogen-bond acceptors (Lipinski definition) is 4. The van der Waals surface area contributed by atoms with Gasteiger partial charge in [-0.25, -0.2) is 4.98 Å². The lowest BCUT2D eigenvalue weighted by Crippen LogP contribution is -2.01. The minimum atomic E-state index is -0.530. The molecule has 2 aromatic rings. The SMILES string of the molecule is COc1cccc(C(O)CSc2cc(C)cc(C)n2)c1. The van der Waals surface area contributed by atoms with Gasteiger partial charge in [0, 0.05) is 11.4 Å². The summed E-state index contributed by atoms with van der Waals surface area (Å²) in [4.78, 5) is 4.46. The number of nitrogens with zero attached hydrogens (tertiary/aromatic N) is 1. The van der Waals surface area contributed by atoms with E-state index >= 15 is 0 Å². The minimum absolute atomic E-state index is 0.530. The normalized spacial score (nSPS) is 12.2. The Hall–Kier alpha value is -1.52. The zero-order valence-corrected chi connectivity index (χ0v) is 12.8. The second-order valence-electron chi connectivity index (χ2n) is 4.73. The quantitative estimate of drug-likeness (QED) is 0.855. The van der Waals surface area contributed by atoms with Crippen LogP contribution in [0.1, 0.15) is 22.9 Å². The highest BCUT2D eigenvalue weighted by Gasteiger charge is 2.10. The van der Waals surface area contributed by atoms with Crippen LogP contribution in [0.4, 0.5) is 0 Å². The van der Waals surface area contributed by atoms with Gasteiger partial charge < -0.3 is 9.84 Å². The summed E-state index contributed by atoms with van der Waals surface area (Å²) in [5.74, 6) is 1.33. The second kappa shape index (κ2) is 6.77. The summed E-state index contributed by atoms with van der Waals surface area (Å²) in [6.07, 6.45) is -0.530. The maximum atomic E-state index is 10.2. The molecule has 1 unspecified atom stereocenters. The van der Waals surface area contributed by atoms with Gasteiger partial charge in [-0.05, 0) is 49.2 Å². The van der Waals surface area contributed by atoms with E-state index in [4.69, 9.17) is 4.74 Å². The fourth-order valence-corrected chi connectivity index (χ4v) is 2.99. The van der Waals surface area contributed by atoms with Gasteiger partial charge in [0.15, 0.2) is 0 Å². The molecule has 0 amide bonds. The van der Waals surface area contributed by atoms with Crippen molar-refractivity contribution in [1.29, 1.82) is 0 Å². The lowest BCUT2D eigenvalue weighted by Gasteiger charge is -2.12. The molecule has 0 fully saturated rings. The van der Waals surface area contributed by atoms with Gasteiger partial charge in [-0.2, -0.15) is 0 Å². The highest BCUT2D eigenvalue weighted by atomic mass is 32.2.